The number of cyclic esters (lactones) is 1. The molecular weight excluding hydrogens is 536 g/mol. The number of amides is 1. The fourth-order valence-electron chi connectivity index (χ4n) is 5.20. The summed E-state index contributed by atoms with van der Waals surface area (Å²) in [6, 6.07) is 10.3. The van der Waals surface area contributed by atoms with Crippen molar-refractivity contribution < 1.29 is 31.8 Å². The number of aryl methyl sites for hydroxylation is 1. The number of carbonyl (C=O) groups is 1. The van der Waals surface area contributed by atoms with Crippen LogP contribution in [0.25, 0.3) is 11.1 Å². The quantitative estimate of drug-likeness (QED) is 0.265. The maximum atomic E-state index is 14.8. The van der Waals surface area contributed by atoms with E-state index < -0.39 is 23.9 Å². The molecule has 0 aliphatic carbocycles. The Bertz CT molecular complexity index is 1440. The number of benzene rings is 2. The molecule has 0 radical (unpaired) electrons. The van der Waals surface area contributed by atoms with Gasteiger partial charge in [0, 0.05) is 35.3 Å². The summed E-state index contributed by atoms with van der Waals surface area (Å²) in [5.74, 6) is 0.0300. The first-order valence-corrected chi connectivity index (χ1v) is 13.7. The van der Waals surface area contributed by atoms with Gasteiger partial charge in [-0.15, -0.1) is 0 Å². The average Bonchev–Trinajstić information content (AvgIpc) is 2.89. The van der Waals surface area contributed by atoms with Crippen molar-refractivity contribution in [2.75, 3.05) is 7.11 Å². The Morgan fingerprint density at radius 3 is 2.34 bits per heavy atom. The van der Waals surface area contributed by atoms with Gasteiger partial charge in [0.1, 0.15) is 17.7 Å². The first-order chi connectivity index (χ1) is 19.2. The van der Waals surface area contributed by atoms with Gasteiger partial charge in [-0.25, -0.2) is 9.18 Å². The lowest BCUT2D eigenvalue weighted by molar-refractivity contribution is -0.137. The number of rotatable bonds is 7. The molecule has 1 saturated heterocycles. The van der Waals surface area contributed by atoms with E-state index in [4.69, 9.17) is 14.5 Å². The van der Waals surface area contributed by atoms with Crippen LogP contribution in [0.4, 0.5) is 22.4 Å². The summed E-state index contributed by atoms with van der Waals surface area (Å²) in [6.07, 6.45) is -5.64. The topological polar surface area (TPSA) is 51.7 Å². The highest BCUT2D eigenvalue weighted by Gasteiger charge is 2.37. The number of alkyl halides is 3. The maximum Gasteiger partial charge on any atom is 0.416 e. The lowest BCUT2D eigenvalue weighted by Gasteiger charge is -2.37. The number of ether oxygens (including phenoxy) is 2. The van der Waals surface area contributed by atoms with Gasteiger partial charge in [-0.05, 0) is 61.1 Å². The molecule has 1 aliphatic heterocycles. The van der Waals surface area contributed by atoms with E-state index in [-0.39, 0.29) is 30.2 Å². The first-order valence-electron chi connectivity index (χ1n) is 13.7. The van der Waals surface area contributed by atoms with Gasteiger partial charge in [-0.2, -0.15) is 13.2 Å². The summed E-state index contributed by atoms with van der Waals surface area (Å²) in [7, 11) is 1.47. The number of carbonyl (C=O) groups excluding carboxylic acids is 1. The molecule has 0 spiro atoms. The van der Waals surface area contributed by atoms with Gasteiger partial charge in [0.05, 0.1) is 24.9 Å². The first kappa shape index (κ1) is 30.3. The minimum absolute atomic E-state index is 0.0699. The number of aromatic nitrogens is 1. The number of hydrogen-bond donors (Lipinski definition) is 0. The molecule has 0 bridgehead atoms. The van der Waals surface area contributed by atoms with Crippen LogP contribution in [0.2, 0.25) is 0 Å². The van der Waals surface area contributed by atoms with Crippen LogP contribution in [-0.4, -0.2) is 29.1 Å². The number of methoxy groups -OCH3 is 1. The molecule has 41 heavy (non-hydrogen) atoms. The number of halogens is 4. The van der Waals surface area contributed by atoms with Gasteiger partial charge >= 0.3 is 12.3 Å². The van der Waals surface area contributed by atoms with Crippen LogP contribution >= 0.6 is 0 Å². The van der Waals surface area contributed by atoms with Crippen molar-refractivity contribution >= 4 is 6.09 Å². The predicted octanol–water partition coefficient (Wildman–Crippen LogP) is 8.94. The number of hydrogen-bond acceptors (Lipinski definition) is 4. The minimum atomic E-state index is -4.50. The van der Waals surface area contributed by atoms with E-state index >= 15 is 0 Å². The van der Waals surface area contributed by atoms with Crippen LogP contribution in [0.1, 0.15) is 92.6 Å². The van der Waals surface area contributed by atoms with Crippen LogP contribution in [0.5, 0.6) is 5.75 Å². The fourth-order valence-corrected chi connectivity index (χ4v) is 5.20. The van der Waals surface area contributed by atoms with E-state index in [1.807, 2.05) is 46.8 Å². The molecule has 1 fully saturated rings. The Morgan fingerprint density at radius 1 is 1.05 bits per heavy atom. The summed E-state index contributed by atoms with van der Waals surface area (Å²) in [6.45, 7) is 11.4. The normalized spacial score (nSPS) is 17.8. The second-order valence-corrected chi connectivity index (χ2v) is 11.3. The van der Waals surface area contributed by atoms with Crippen molar-refractivity contribution in [3.8, 4) is 16.9 Å². The predicted molar refractivity (Wildman–Crippen MR) is 149 cm³/mol. The highest BCUT2D eigenvalue weighted by Crippen LogP contribution is 2.39. The largest absolute Gasteiger partial charge is 0.496 e. The molecule has 4 rings (SSSR count). The second-order valence-electron chi connectivity index (χ2n) is 11.3. The Balaban J connectivity index is 1.70. The molecule has 5 nitrogen and oxygen atoms in total. The molecule has 1 aromatic heterocycles. The van der Waals surface area contributed by atoms with Gasteiger partial charge in [0.2, 0.25) is 0 Å². The Morgan fingerprint density at radius 2 is 1.76 bits per heavy atom. The van der Waals surface area contributed by atoms with Crippen LogP contribution in [0.3, 0.4) is 0 Å². The summed E-state index contributed by atoms with van der Waals surface area (Å²) < 4.78 is 66.3. The van der Waals surface area contributed by atoms with Gasteiger partial charge in [-0.3, -0.25) is 9.88 Å². The van der Waals surface area contributed by atoms with E-state index in [0.29, 0.717) is 45.7 Å². The Hall–Kier alpha value is -3.62. The molecule has 220 valence electrons. The molecule has 3 aromatic rings. The summed E-state index contributed by atoms with van der Waals surface area (Å²) in [5.41, 5.74) is 3.28. The molecule has 2 atom stereocenters. The third kappa shape index (κ3) is 6.49. The molecular formula is C32H36F4N2O3. The van der Waals surface area contributed by atoms with Crippen molar-refractivity contribution in [3.05, 3.63) is 81.9 Å². The zero-order valence-corrected chi connectivity index (χ0v) is 24.4. The van der Waals surface area contributed by atoms with Gasteiger partial charge in [-0.1, -0.05) is 45.4 Å². The van der Waals surface area contributed by atoms with Gasteiger partial charge in [0.25, 0.3) is 0 Å². The van der Waals surface area contributed by atoms with E-state index in [1.165, 1.54) is 18.1 Å². The van der Waals surface area contributed by atoms with Gasteiger partial charge < -0.3 is 9.47 Å². The molecule has 0 N–H and O–H groups in total. The smallest absolute Gasteiger partial charge is 0.416 e. The number of nitrogens with zero attached hydrogens (tertiary/aromatic N) is 2. The van der Waals surface area contributed by atoms with Crippen LogP contribution in [-0.2, 0) is 17.5 Å². The highest BCUT2D eigenvalue weighted by atomic mass is 19.4. The lowest BCUT2D eigenvalue weighted by atomic mass is 9.93. The molecule has 0 saturated carbocycles. The SMILES string of the molecule is COc1cc(F)c(C(C)C)cc1-c1ccc(C(C)C)nc1CN1C(=O)OC(c2cc(C)cc(C(F)(F)F)c2)C[C@@H]1C. The van der Waals surface area contributed by atoms with Crippen molar-refractivity contribution in [1.29, 1.82) is 0 Å². The summed E-state index contributed by atoms with van der Waals surface area (Å²) in [4.78, 5) is 19.7. The minimum Gasteiger partial charge on any atom is -0.496 e. The molecule has 1 amide bonds. The third-order valence-electron chi connectivity index (χ3n) is 7.50. The summed E-state index contributed by atoms with van der Waals surface area (Å²) >= 11 is 0. The maximum absolute atomic E-state index is 14.8. The van der Waals surface area contributed by atoms with Crippen LogP contribution in [0.15, 0.2) is 42.5 Å². The zero-order chi connectivity index (χ0) is 30.2. The van der Waals surface area contributed by atoms with E-state index in [9.17, 15) is 22.4 Å². The average molecular weight is 573 g/mol. The number of pyridine rings is 1. The van der Waals surface area contributed by atoms with Crippen molar-refractivity contribution in [2.24, 2.45) is 0 Å². The van der Waals surface area contributed by atoms with E-state index in [2.05, 4.69) is 0 Å². The lowest BCUT2D eigenvalue weighted by Crippen LogP contribution is -2.44. The van der Waals surface area contributed by atoms with E-state index in [1.54, 1.807) is 19.1 Å². The zero-order valence-electron chi connectivity index (χ0n) is 24.4. The van der Waals surface area contributed by atoms with Gasteiger partial charge in [0.15, 0.2) is 0 Å². The molecule has 1 unspecified atom stereocenters. The molecule has 2 aromatic carbocycles. The molecule has 2 heterocycles. The van der Waals surface area contributed by atoms with Crippen LogP contribution in [0, 0.1) is 12.7 Å². The molecule has 1 aliphatic rings. The van der Waals surface area contributed by atoms with Crippen LogP contribution < -0.4 is 4.74 Å². The summed E-state index contributed by atoms with van der Waals surface area (Å²) in [5, 5.41) is 0. The standard InChI is InChI=1S/C32H36F4N2O3/c1-17(2)24-14-25(30(40-7)15-26(24)33)23-8-9-27(18(3)4)37-28(23)16-38-20(6)12-29(41-31(38)39)21-10-19(5)11-22(13-21)32(34,35)36/h8-11,13-15,17-18,20,29H,12,16H2,1-7H3/t20-,29?/m0/s1. The monoisotopic (exact) mass is 572 g/mol. The van der Waals surface area contributed by atoms with Crippen molar-refractivity contribution in [1.82, 2.24) is 9.88 Å². The Labute approximate surface area is 238 Å². The van der Waals surface area contributed by atoms with Crippen molar-refractivity contribution in [2.45, 2.75) is 84.7 Å². The highest BCUT2D eigenvalue weighted by molar-refractivity contribution is 5.75. The molecule has 9 heteroatoms. The Kier molecular flexibility index (Phi) is 8.66. The fraction of sp³-hybridized carbons (Fsp3) is 0.438. The second kappa shape index (κ2) is 11.7. The van der Waals surface area contributed by atoms with Crippen molar-refractivity contribution in [3.63, 3.8) is 0 Å². The third-order valence-corrected chi connectivity index (χ3v) is 7.50. The van der Waals surface area contributed by atoms with E-state index in [0.717, 1.165) is 17.8 Å².